The van der Waals surface area contributed by atoms with Gasteiger partial charge in [-0.2, -0.15) is 9.97 Å². The van der Waals surface area contributed by atoms with Crippen LogP contribution in [0.2, 0.25) is 0 Å². The van der Waals surface area contributed by atoms with Gasteiger partial charge in [-0.1, -0.05) is 18.7 Å². The molecular formula is C9H16N4S. The summed E-state index contributed by atoms with van der Waals surface area (Å²) in [5, 5.41) is 3.90. The van der Waals surface area contributed by atoms with E-state index in [-0.39, 0.29) is 0 Å². The van der Waals surface area contributed by atoms with Gasteiger partial charge in [0.15, 0.2) is 5.16 Å². The van der Waals surface area contributed by atoms with Gasteiger partial charge in [0.2, 0.25) is 5.95 Å². The van der Waals surface area contributed by atoms with Crippen LogP contribution in [0.25, 0.3) is 0 Å². The number of nitrogens with one attached hydrogen (secondary N) is 1. The van der Waals surface area contributed by atoms with E-state index >= 15 is 0 Å². The second-order valence-electron chi connectivity index (χ2n) is 2.84. The van der Waals surface area contributed by atoms with Crippen LogP contribution >= 0.6 is 11.8 Å². The highest BCUT2D eigenvalue weighted by Gasteiger charge is 2.03. The van der Waals surface area contributed by atoms with Crippen molar-refractivity contribution in [1.82, 2.24) is 15.0 Å². The molecule has 0 amide bonds. The summed E-state index contributed by atoms with van der Waals surface area (Å²) in [4.78, 5) is 12.9. The van der Waals surface area contributed by atoms with Crippen LogP contribution in [-0.4, -0.2) is 27.8 Å². The van der Waals surface area contributed by atoms with Gasteiger partial charge in [0, 0.05) is 13.0 Å². The molecule has 0 spiro atoms. The molecule has 4 nitrogen and oxygen atoms in total. The van der Waals surface area contributed by atoms with Crippen LogP contribution in [0.15, 0.2) is 5.16 Å². The van der Waals surface area contributed by atoms with Gasteiger partial charge in [-0.05, 0) is 19.6 Å². The maximum atomic E-state index is 4.32. The number of hydrogen-bond acceptors (Lipinski definition) is 5. The van der Waals surface area contributed by atoms with Crippen molar-refractivity contribution in [3.8, 4) is 0 Å². The van der Waals surface area contributed by atoms with E-state index in [0.29, 0.717) is 5.95 Å². The summed E-state index contributed by atoms with van der Waals surface area (Å²) in [5.41, 5.74) is 0. The van der Waals surface area contributed by atoms with Crippen LogP contribution in [0.5, 0.6) is 0 Å². The third-order valence-electron chi connectivity index (χ3n) is 1.65. The Hall–Kier alpha value is -0.840. The molecule has 1 heterocycles. The van der Waals surface area contributed by atoms with Crippen LogP contribution in [-0.2, 0) is 6.42 Å². The minimum Gasteiger partial charge on any atom is -0.354 e. The maximum absolute atomic E-state index is 4.32. The molecule has 0 saturated heterocycles. The smallest absolute Gasteiger partial charge is 0.226 e. The van der Waals surface area contributed by atoms with Crippen molar-refractivity contribution in [1.29, 1.82) is 0 Å². The molecule has 0 aliphatic carbocycles. The molecule has 78 valence electrons. The van der Waals surface area contributed by atoms with Crippen molar-refractivity contribution in [2.24, 2.45) is 0 Å². The molecule has 0 aliphatic rings. The first-order chi connectivity index (χ1) is 6.80. The van der Waals surface area contributed by atoms with Crippen molar-refractivity contribution in [3.63, 3.8) is 0 Å². The summed E-state index contributed by atoms with van der Waals surface area (Å²) in [6.07, 6.45) is 3.94. The highest BCUT2D eigenvalue weighted by Crippen LogP contribution is 2.11. The predicted molar refractivity (Wildman–Crippen MR) is 59.8 cm³/mol. The van der Waals surface area contributed by atoms with Crippen LogP contribution < -0.4 is 5.32 Å². The van der Waals surface area contributed by atoms with Crippen molar-refractivity contribution in [3.05, 3.63) is 5.82 Å². The molecule has 0 aliphatic heterocycles. The Morgan fingerprint density at radius 2 is 2.00 bits per heavy atom. The summed E-state index contributed by atoms with van der Waals surface area (Å²) in [7, 11) is 0. The Morgan fingerprint density at radius 1 is 1.21 bits per heavy atom. The molecule has 0 aromatic carbocycles. The van der Waals surface area contributed by atoms with Crippen LogP contribution in [0.4, 0.5) is 5.95 Å². The van der Waals surface area contributed by atoms with Gasteiger partial charge in [0.05, 0.1) is 0 Å². The van der Waals surface area contributed by atoms with E-state index in [0.717, 1.165) is 30.4 Å². The van der Waals surface area contributed by atoms with Crippen LogP contribution in [0.1, 0.15) is 26.1 Å². The summed E-state index contributed by atoms with van der Waals surface area (Å²) in [6, 6.07) is 0. The van der Waals surface area contributed by atoms with Gasteiger partial charge in [-0.25, -0.2) is 4.98 Å². The summed E-state index contributed by atoms with van der Waals surface area (Å²) in [6.45, 7) is 4.99. The van der Waals surface area contributed by atoms with Gasteiger partial charge in [0.25, 0.3) is 0 Å². The highest BCUT2D eigenvalue weighted by atomic mass is 32.2. The molecular weight excluding hydrogens is 196 g/mol. The lowest BCUT2D eigenvalue weighted by molar-refractivity contribution is 0.771. The molecule has 0 fully saturated rings. The zero-order chi connectivity index (χ0) is 10.4. The average molecular weight is 212 g/mol. The van der Waals surface area contributed by atoms with Gasteiger partial charge in [-0.3, -0.25) is 0 Å². The number of nitrogens with zero attached hydrogens (tertiary/aromatic N) is 3. The van der Waals surface area contributed by atoms with E-state index in [1.807, 2.05) is 13.2 Å². The van der Waals surface area contributed by atoms with Crippen LogP contribution in [0, 0.1) is 0 Å². The minimum absolute atomic E-state index is 0.690. The van der Waals surface area contributed by atoms with E-state index in [4.69, 9.17) is 0 Å². The quantitative estimate of drug-likeness (QED) is 0.756. The summed E-state index contributed by atoms with van der Waals surface area (Å²) < 4.78 is 0. The van der Waals surface area contributed by atoms with Crippen molar-refractivity contribution in [2.75, 3.05) is 18.1 Å². The minimum atomic E-state index is 0.690. The molecule has 0 saturated carbocycles. The second kappa shape index (κ2) is 5.80. The second-order valence-corrected chi connectivity index (χ2v) is 3.62. The molecule has 1 rings (SSSR count). The molecule has 0 unspecified atom stereocenters. The van der Waals surface area contributed by atoms with E-state index in [1.54, 1.807) is 11.8 Å². The monoisotopic (exact) mass is 212 g/mol. The zero-order valence-electron chi connectivity index (χ0n) is 8.87. The topological polar surface area (TPSA) is 50.7 Å². The summed E-state index contributed by atoms with van der Waals surface area (Å²) >= 11 is 1.55. The van der Waals surface area contributed by atoms with Crippen molar-refractivity contribution < 1.29 is 0 Å². The third-order valence-corrected chi connectivity index (χ3v) is 2.20. The normalized spacial score (nSPS) is 10.2. The number of aromatic nitrogens is 3. The third kappa shape index (κ3) is 3.14. The molecule has 1 aromatic rings. The van der Waals surface area contributed by atoms with Crippen molar-refractivity contribution in [2.45, 2.75) is 31.8 Å². The SMILES string of the molecule is CCCc1nc(NCC)nc(SC)n1. The lowest BCUT2D eigenvalue weighted by atomic mass is 10.3. The predicted octanol–water partition coefficient (Wildman–Crippen LogP) is 1.98. The molecule has 1 N–H and O–H groups in total. The highest BCUT2D eigenvalue weighted by molar-refractivity contribution is 7.98. The van der Waals surface area contributed by atoms with Gasteiger partial charge in [-0.15, -0.1) is 0 Å². The number of thioether (sulfide) groups is 1. The Balaban J connectivity index is 2.88. The Kier molecular flexibility index (Phi) is 4.65. The number of anilines is 1. The average Bonchev–Trinajstić information content (AvgIpc) is 2.18. The fourth-order valence-electron chi connectivity index (χ4n) is 1.06. The van der Waals surface area contributed by atoms with Crippen molar-refractivity contribution >= 4 is 17.7 Å². The lowest BCUT2D eigenvalue weighted by Crippen LogP contribution is -2.07. The van der Waals surface area contributed by atoms with E-state index in [1.165, 1.54) is 0 Å². The maximum Gasteiger partial charge on any atom is 0.226 e. The van der Waals surface area contributed by atoms with E-state index in [2.05, 4.69) is 27.2 Å². The molecule has 0 radical (unpaired) electrons. The Morgan fingerprint density at radius 3 is 2.57 bits per heavy atom. The molecule has 14 heavy (non-hydrogen) atoms. The van der Waals surface area contributed by atoms with E-state index < -0.39 is 0 Å². The molecule has 1 aromatic heterocycles. The van der Waals surface area contributed by atoms with Gasteiger partial charge in [0.1, 0.15) is 5.82 Å². The van der Waals surface area contributed by atoms with Gasteiger partial charge >= 0.3 is 0 Å². The Labute approximate surface area is 89.0 Å². The number of hydrogen-bond donors (Lipinski definition) is 1. The molecule has 0 atom stereocenters. The number of aryl methyl sites for hydroxylation is 1. The lowest BCUT2D eigenvalue weighted by Gasteiger charge is -2.05. The largest absolute Gasteiger partial charge is 0.354 e. The van der Waals surface area contributed by atoms with E-state index in [9.17, 15) is 0 Å². The van der Waals surface area contributed by atoms with Gasteiger partial charge < -0.3 is 5.32 Å². The summed E-state index contributed by atoms with van der Waals surface area (Å²) in [5.74, 6) is 1.57. The molecule has 0 bridgehead atoms. The molecule has 5 heteroatoms. The zero-order valence-corrected chi connectivity index (χ0v) is 9.69. The first kappa shape index (κ1) is 11.2. The fourth-order valence-corrected chi connectivity index (χ4v) is 1.44. The Bertz CT molecular complexity index is 266. The first-order valence-electron chi connectivity index (χ1n) is 4.83. The fraction of sp³-hybridized carbons (Fsp3) is 0.667. The first-order valence-corrected chi connectivity index (χ1v) is 6.05. The van der Waals surface area contributed by atoms with Crippen LogP contribution in [0.3, 0.4) is 0 Å². The standard InChI is InChI=1S/C9H16N4S/c1-4-6-7-11-8(10-5-2)13-9(12-7)14-3/h4-6H2,1-3H3,(H,10,11,12,13). The number of rotatable bonds is 5.